The van der Waals surface area contributed by atoms with E-state index in [0.717, 1.165) is 24.3 Å². The van der Waals surface area contributed by atoms with Crippen LogP contribution in [0.1, 0.15) is 5.56 Å². The Balaban J connectivity index is 3.15. The lowest BCUT2D eigenvalue weighted by Gasteiger charge is -2.00. The Morgan fingerprint density at radius 3 is 2.50 bits per heavy atom. The largest absolute Gasteiger partial charge is 0.478 e. The number of carboxylic acid groups (broad SMARTS) is 1. The Kier molecular flexibility index (Phi) is 3.41. The van der Waals surface area contributed by atoms with Crippen molar-refractivity contribution in [2.45, 2.75) is 4.90 Å². The molecule has 0 aromatic heterocycles. The Labute approximate surface area is 91.1 Å². The zero-order chi connectivity index (χ0) is 12.3. The maximum atomic E-state index is 13.2. The van der Waals surface area contributed by atoms with E-state index in [-0.39, 0.29) is 5.56 Å². The molecule has 0 aliphatic heterocycles. The number of benzene rings is 1. The third-order valence-corrected chi connectivity index (χ3v) is 2.62. The SMILES string of the molecule is NS(=O)(=O)c1ccc(/C=C/C(=O)O)cc1F. The van der Waals surface area contributed by atoms with E-state index >= 15 is 0 Å². The standard InChI is InChI=1S/C9H8FNO4S/c10-7-5-6(2-4-9(12)13)1-3-8(7)16(11,14)15/h1-5H,(H,12,13)(H2,11,14,15)/b4-2+. The highest BCUT2D eigenvalue weighted by Gasteiger charge is 2.13. The summed E-state index contributed by atoms with van der Waals surface area (Å²) in [5, 5.41) is 13.1. The van der Waals surface area contributed by atoms with Crippen molar-refractivity contribution in [3.63, 3.8) is 0 Å². The third-order valence-electron chi connectivity index (χ3n) is 1.68. The second kappa shape index (κ2) is 4.42. The number of carboxylic acids is 1. The van der Waals surface area contributed by atoms with Crippen molar-refractivity contribution in [2.24, 2.45) is 5.14 Å². The van der Waals surface area contributed by atoms with Gasteiger partial charge in [0.15, 0.2) is 0 Å². The third kappa shape index (κ3) is 3.14. The van der Waals surface area contributed by atoms with E-state index in [1.807, 2.05) is 0 Å². The monoisotopic (exact) mass is 245 g/mol. The summed E-state index contributed by atoms with van der Waals surface area (Å²) < 4.78 is 34.9. The van der Waals surface area contributed by atoms with Crippen LogP contribution >= 0.6 is 0 Å². The number of primary sulfonamides is 1. The average molecular weight is 245 g/mol. The molecule has 3 N–H and O–H groups in total. The number of carbonyl (C=O) groups is 1. The number of aliphatic carboxylic acids is 1. The summed E-state index contributed by atoms with van der Waals surface area (Å²) in [7, 11) is -4.10. The number of nitrogens with two attached hydrogens (primary N) is 1. The van der Waals surface area contributed by atoms with Gasteiger partial charge >= 0.3 is 5.97 Å². The second-order valence-electron chi connectivity index (χ2n) is 2.91. The number of hydrogen-bond acceptors (Lipinski definition) is 3. The molecule has 1 aromatic carbocycles. The molecule has 7 heteroatoms. The van der Waals surface area contributed by atoms with Crippen LogP contribution in [0.4, 0.5) is 4.39 Å². The molecular formula is C9H8FNO4S. The number of sulfonamides is 1. The zero-order valence-corrected chi connectivity index (χ0v) is 8.74. The molecule has 16 heavy (non-hydrogen) atoms. The van der Waals surface area contributed by atoms with Crippen LogP contribution in [0.25, 0.3) is 6.08 Å². The van der Waals surface area contributed by atoms with Gasteiger partial charge in [-0.15, -0.1) is 0 Å². The predicted octanol–water partition coefficient (Wildman–Crippen LogP) is 0.571. The molecule has 0 saturated heterocycles. The minimum absolute atomic E-state index is 0.229. The van der Waals surface area contributed by atoms with Crippen molar-refractivity contribution in [2.75, 3.05) is 0 Å². The highest BCUT2D eigenvalue weighted by molar-refractivity contribution is 7.89. The Morgan fingerprint density at radius 2 is 2.06 bits per heavy atom. The Hall–Kier alpha value is -1.73. The van der Waals surface area contributed by atoms with Gasteiger partial charge in [-0.25, -0.2) is 22.7 Å². The van der Waals surface area contributed by atoms with Crippen molar-refractivity contribution < 1.29 is 22.7 Å². The molecule has 0 unspecified atom stereocenters. The molecule has 5 nitrogen and oxygen atoms in total. The summed E-state index contributed by atoms with van der Waals surface area (Å²) in [6.45, 7) is 0. The van der Waals surface area contributed by atoms with Crippen LogP contribution in [0, 0.1) is 5.82 Å². The molecule has 0 saturated carbocycles. The lowest BCUT2D eigenvalue weighted by molar-refractivity contribution is -0.131. The van der Waals surface area contributed by atoms with Crippen molar-refractivity contribution in [3.05, 3.63) is 35.7 Å². The smallest absolute Gasteiger partial charge is 0.328 e. The Morgan fingerprint density at radius 1 is 1.44 bits per heavy atom. The van der Waals surface area contributed by atoms with Gasteiger partial charge in [0, 0.05) is 6.08 Å². The molecule has 0 aliphatic carbocycles. The fourth-order valence-corrected chi connectivity index (χ4v) is 1.61. The number of rotatable bonds is 3. The summed E-state index contributed by atoms with van der Waals surface area (Å²) in [6.07, 6.45) is 1.95. The van der Waals surface area contributed by atoms with Gasteiger partial charge in [0.05, 0.1) is 0 Å². The molecule has 1 rings (SSSR count). The fourth-order valence-electron chi connectivity index (χ4n) is 1.02. The fraction of sp³-hybridized carbons (Fsp3) is 0. The maximum absolute atomic E-state index is 13.2. The van der Waals surface area contributed by atoms with E-state index < -0.39 is 26.7 Å². The van der Waals surface area contributed by atoms with Crippen LogP contribution in [0.15, 0.2) is 29.2 Å². The van der Waals surface area contributed by atoms with E-state index in [1.165, 1.54) is 6.07 Å². The van der Waals surface area contributed by atoms with Crippen LogP contribution < -0.4 is 5.14 Å². The maximum Gasteiger partial charge on any atom is 0.328 e. The zero-order valence-electron chi connectivity index (χ0n) is 7.92. The molecule has 0 radical (unpaired) electrons. The van der Waals surface area contributed by atoms with Gasteiger partial charge in [0.25, 0.3) is 0 Å². The lowest BCUT2D eigenvalue weighted by Crippen LogP contribution is -2.13. The first-order valence-corrected chi connectivity index (χ1v) is 5.58. The summed E-state index contributed by atoms with van der Waals surface area (Å²) in [5.74, 6) is -2.20. The van der Waals surface area contributed by atoms with Gasteiger partial charge in [-0.3, -0.25) is 0 Å². The highest BCUT2D eigenvalue weighted by Crippen LogP contribution is 2.15. The Bertz CT molecular complexity index is 551. The van der Waals surface area contributed by atoms with Gasteiger partial charge in [-0.1, -0.05) is 6.07 Å². The molecular weight excluding hydrogens is 237 g/mol. The molecule has 0 aliphatic rings. The van der Waals surface area contributed by atoms with Crippen LogP contribution in [0.2, 0.25) is 0 Å². The minimum atomic E-state index is -4.10. The number of halogens is 1. The second-order valence-corrected chi connectivity index (χ2v) is 4.44. The summed E-state index contributed by atoms with van der Waals surface area (Å²) in [4.78, 5) is 9.56. The predicted molar refractivity (Wildman–Crippen MR) is 54.4 cm³/mol. The first kappa shape index (κ1) is 12.3. The van der Waals surface area contributed by atoms with Crippen molar-refractivity contribution >= 4 is 22.1 Å². The van der Waals surface area contributed by atoms with E-state index in [0.29, 0.717) is 0 Å². The topological polar surface area (TPSA) is 97.5 Å². The van der Waals surface area contributed by atoms with Crippen molar-refractivity contribution in [1.29, 1.82) is 0 Å². The summed E-state index contributed by atoms with van der Waals surface area (Å²) >= 11 is 0. The van der Waals surface area contributed by atoms with Gasteiger partial charge in [-0.05, 0) is 23.8 Å². The molecule has 0 bridgehead atoms. The summed E-state index contributed by atoms with van der Waals surface area (Å²) in [5.41, 5.74) is 0.229. The van der Waals surface area contributed by atoms with Gasteiger partial charge in [0.1, 0.15) is 10.7 Å². The van der Waals surface area contributed by atoms with Crippen LogP contribution in [0.5, 0.6) is 0 Å². The molecule has 0 atom stereocenters. The number of hydrogen-bond donors (Lipinski definition) is 2. The highest BCUT2D eigenvalue weighted by atomic mass is 32.2. The first-order chi connectivity index (χ1) is 7.30. The normalized spacial score (nSPS) is 11.9. The van der Waals surface area contributed by atoms with Crippen molar-refractivity contribution in [3.8, 4) is 0 Å². The minimum Gasteiger partial charge on any atom is -0.478 e. The van der Waals surface area contributed by atoms with Gasteiger partial charge < -0.3 is 5.11 Å². The van der Waals surface area contributed by atoms with Crippen LogP contribution in [-0.4, -0.2) is 19.5 Å². The molecule has 86 valence electrons. The van der Waals surface area contributed by atoms with Gasteiger partial charge in [-0.2, -0.15) is 0 Å². The van der Waals surface area contributed by atoms with Crippen LogP contribution in [-0.2, 0) is 14.8 Å². The molecule has 1 aromatic rings. The van der Waals surface area contributed by atoms with E-state index in [1.54, 1.807) is 0 Å². The van der Waals surface area contributed by atoms with E-state index in [9.17, 15) is 17.6 Å². The van der Waals surface area contributed by atoms with Crippen LogP contribution in [0.3, 0.4) is 0 Å². The quantitative estimate of drug-likeness (QED) is 0.761. The van der Waals surface area contributed by atoms with Crippen molar-refractivity contribution in [1.82, 2.24) is 0 Å². The molecule has 0 amide bonds. The molecule has 0 heterocycles. The average Bonchev–Trinajstić information content (AvgIpc) is 2.12. The van der Waals surface area contributed by atoms with Gasteiger partial charge in [0.2, 0.25) is 10.0 Å². The van der Waals surface area contributed by atoms with E-state index in [4.69, 9.17) is 10.2 Å². The summed E-state index contributed by atoms with van der Waals surface area (Å²) in [6, 6.07) is 3.12. The first-order valence-electron chi connectivity index (χ1n) is 4.04. The lowest BCUT2D eigenvalue weighted by atomic mass is 10.2. The van der Waals surface area contributed by atoms with E-state index in [2.05, 4.69) is 0 Å². The molecule has 0 spiro atoms. The molecule has 0 fully saturated rings.